The van der Waals surface area contributed by atoms with Gasteiger partial charge in [-0.25, -0.2) is 0 Å². The van der Waals surface area contributed by atoms with E-state index in [1.807, 2.05) is 0 Å². The molecule has 0 rings (SSSR count). The summed E-state index contributed by atoms with van der Waals surface area (Å²) in [7, 11) is 0. The zero-order valence-electron chi connectivity index (χ0n) is 17.2. The molecule has 0 aliphatic carbocycles. The first kappa shape index (κ1) is 27.6. The van der Waals surface area contributed by atoms with Crippen molar-refractivity contribution in [3.8, 4) is 0 Å². The molecule has 27 heavy (non-hydrogen) atoms. The van der Waals surface area contributed by atoms with Crippen LogP contribution in [0.4, 0.5) is 0 Å². The van der Waals surface area contributed by atoms with E-state index in [1.165, 1.54) is 32.6 Å². The number of unbranched alkanes of at least 4 members (excludes halogenated alkanes) is 4. The highest BCUT2D eigenvalue weighted by atomic mass is 16.4. The molecule has 0 aromatic carbocycles. The first-order chi connectivity index (χ1) is 13.0. The fraction of sp³-hybridized carbons (Fsp3) is 0.609. The Morgan fingerprint density at radius 3 is 1.59 bits per heavy atom. The van der Waals surface area contributed by atoms with E-state index in [2.05, 4.69) is 55.5 Å². The van der Waals surface area contributed by atoms with Gasteiger partial charge in [0.05, 0.1) is 12.7 Å². The van der Waals surface area contributed by atoms with E-state index >= 15 is 0 Å². The smallest absolute Gasteiger partial charge is 0.303 e. The Kier molecular flexibility index (Phi) is 24.9. The van der Waals surface area contributed by atoms with Gasteiger partial charge in [-0.1, -0.05) is 68.4 Å². The maximum Gasteiger partial charge on any atom is 0.303 e. The lowest BCUT2D eigenvalue weighted by Gasteiger charge is -1.90. The van der Waals surface area contributed by atoms with Crippen LogP contribution in [0.15, 0.2) is 48.6 Å². The Balaban J connectivity index is 0. The first-order valence-corrected chi connectivity index (χ1v) is 10.1. The molecule has 0 aromatic rings. The molecule has 0 radical (unpaired) electrons. The molecule has 0 spiro atoms. The fourth-order valence-corrected chi connectivity index (χ4v) is 1.93. The van der Waals surface area contributed by atoms with Crippen LogP contribution in [0.2, 0.25) is 0 Å². The Morgan fingerprint density at radius 2 is 1.22 bits per heavy atom. The number of aliphatic hydroxyl groups is 2. The van der Waals surface area contributed by atoms with Crippen LogP contribution in [0.5, 0.6) is 0 Å². The number of carbonyl (C=O) groups is 1. The van der Waals surface area contributed by atoms with Gasteiger partial charge in [0.1, 0.15) is 0 Å². The van der Waals surface area contributed by atoms with Gasteiger partial charge in [-0.05, 0) is 51.9 Å². The molecule has 1 atom stereocenters. The largest absolute Gasteiger partial charge is 0.481 e. The summed E-state index contributed by atoms with van der Waals surface area (Å²) in [6, 6.07) is 0. The van der Waals surface area contributed by atoms with E-state index in [-0.39, 0.29) is 13.0 Å². The van der Waals surface area contributed by atoms with Crippen molar-refractivity contribution in [1.82, 2.24) is 0 Å². The Bertz CT molecular complexity index is 420. The lowest BCUT2D eigenvalue weighted by Crippen LogP contribution is -2.03. The second-order valence-corrected chi connectivity index (χ2v) is 6.41. The zero-order chi connectivity index (χ0) is 20.6. The van der Waals surface area contributed by atoms with Crippen LogP contribution >= 0.6 is 0 Å². The molecule has 4 heteroatoms. The van der Waals surface area contributed by atoms with Gasteiger partial charge in [0.15, 0.2) is 0 Å². The normalized spacial score (nSPS) is 12.9. The lowest BCUT2D eigenvalue weighted by atomic mass is 10.2. The monoisotopic (exact) mass is 380 g/mol. The third kappa shape index (κ3) is 32.5. The van der Waals surface area contributed by atoms with E-state index in [9.17, 15) is 4.79 Å². The summed E-state index contributed by atoms with van der Waals surface area (Å²) >= 11 is 0. The minimum Gasteiger partial charge on any atom is -0.481 e. The third-order valence-corrected chi connectivity index (χ3v) is 3.48. The molecular formula is C23H40O4. The van der Waals surface area contributed by atoms with Crippen molar-refractivity contribution in [3.05, 3.63) is 48.6 Å². The second-order valence-electron chi connectivity index (χ2n) is 6.41. The van der Waals surface area contributed by atoms with Crippen LogP contribution in [-0.2, 0) is 4.79 Å². The second kappa shape index (κ2) is 24.4. The van der Waals surface area contributed by atoms with Crippen molar-refractivity contribution >= 4 is 5.97 Å². The highest BCUT2D eigenvalue weighted by molar-refractivity contribution is 5.66. The molecule has 0 aromatic heterocycles. The molecule has 0 heterocycles. The maximum atomic E-state index is 10.3. The number of carboxylic acids is 1. The Hall–Kier alpha value is -1.65. The minimum atomic E-state index is -0.712. The minimum absolute atomic E-state index is 0.139. The van der Waals surface area contributed by atoms with Crippen LogP contribution in [-0.4, -0.2) is 34.0 Å². The highest BCUT2D eigenvalue weighted by Crippen LogP contribution is 2.01. The van der Waals surface area contributed by atoms with E-state index in [4.69, 9.17) is 15.3 Å². The first-order valence-electron chi connectivity index (χ1n) is 10.1. The van der Waals surface area contributed by atoms with Gasteiger partial charge in [-0.15, -0.1) is 0 Å². The van der Waals surface area contributed by atoms with Crippen molar-refractivity contribution < 1.29 is 20.1 Å². The van der Waals surface area contributed by atoms with Gasteiger partial charge >= 0.3 is 5.97 Å². The molecule has 0 aliphatic rings. The fourth-order valence-electron chi connectivity index (χ4n) is 1.93. The molecule has 156 valence electrons. The Labute approximate surface area is 166 Å². The van der Waals surface area contributed by atoms with Crippen LogP contribution in [0.1, 0.15) is 78.1 Å². The number of rotatable bonds is 15. The molecule has 0 saturated carbocycles. The molecule has 0 fully saturated rings. The molecule has 4 nitrogen and oxygen atoms in total. The number of allylic oxidation sites excluding steroid dienone is 8. The standard InChI is InChI=1S/C20H32O2.C3H8O2/c1-2-3-4-5-6-7-8-9-10-11-12-13-14-15-16-17-18-19-20(21)22;1-3(5)2-4/h6-7,9-10,12-13,15-16H,2-5,8,11,14,17-19H2,1H3,(H,21,22);3-5H,2H2,1H3. The van der Waals surface area contributed by atoms with Crippen LogP contribution in [0, 0.1) is 0 Å². The van der Waals surface area contributed by atoms with Crippen LogP contribution < -0.4 is 0 Å². The highest BCUT2D eigenvalue weighted by Gasteiger charge is 1.92. The topological polar surface area (TPSA) is 77.8 Å². The number of hydrogen-bond acceptors (Lipinski definition) is 3. The van der Waals surface area contributed by atoms with Crippen molar-refractivity contribution in [2.45, 2.75) is 84.2 Å². The van der Waals surface area contributed by atoms with Crippen molar-refractivity contribution in [1.29, 1.82) is 0 Å². The predicted octanol–water partition coefficient (Wildman–Crippen LogP) is 5.58. The van der Waals surface area contributed by atoms with Crippen molar-refractivity contribution in [2.75, 3.05) is 6.61 Å². The Morgan fingerprint density at radius 1 is 0.815 bits per heavy atom. The third-order valence-electron chi connectivity index (χ3n) is 3.48. The molecule has 0 aliphatic heterocycles. The number of carboxylic acid groups (broad SMARTS) is 1. The average Bonchev–Trinajstić information content (AvgIpc) is 2.64. The van der Waals surface area contributed by atoms with Gasteiger partial charge in [0.25, 0.3) is 0 Å². The van der Waals surface area contributed by atoms with Crippen molar-refractivity contribution in [3.63, 3.8) is 0 Å². The van der Waals surface area contributed by atoms with E-state index in [0.717, 1.165) is 32.1 Å². The molecular weight excluding hydrogens is 340 g/mol. The van der Waals surface area contributed by atoms with Gasteiger partial charge in [0.2, 0.25) is 0 Å². The number of aliphatic hydroxyl groups excluding tert-OH is 2. The van der Waals surface area contributed by atoms with Gasteiger partial charge in [0, 0.05) is 6.42 Å². The van der Waals surface area contributed by atoms with E-state index < -0.39 is 12.1 Å². The molecule has 3 N–H and O–H groups in total. The quantitative estimate of drug-likeness (QED) is 0.256. The zero-order valence-corrected chi connectivity index (χ0v) is 17.2. The summed E-state index contributed by atoms with van der Waals surface area (Å²) in [5.41, 5.74) is 0. The van der Waals surface area contributed by atoms with Gasteiger partial charge < -0.3 is 15.3 Å². The average molecular weight is 381 g/mol. The molecule has 1 unspecified atom stereocenters. The summed E-state index contributed by atoms with van der Waals surface area (Å²) in [6.07, 6.45) is 26.8. The van der Waals surface area contributed by atoms with Gasteiger partial charge in [-0.3, -0.25) is 4.79 Å². The number of aliphatic carboxylic acids is 1. The summed E-state index contributed by atoms with van der Waals surface area (Å²) < 4.78 is 0. The summed E-state index contributed by atoms with van der Waals surface area (Å²) in [4.78, 5) is 10.3. The summed E-state index contributed by atoms with van der Waals surface area (Å²) in [5, 5.41) is 24.5. The van der Waals surface area contributed by atoms with Crippen LogP contribution in [0.25, 0.3) is 0 Å². The SMILES string of the molecule is CC(O)CO.CCCCCC=CCC=CCC=CCC=CCCCC(=O)O. The number of hydrogen-bond donors (Lipinski definition) is 3. The van der Waals surface area contributed by atoms with Crippen LogP contribution in [0.3, 0.4) is 0 Å². The van der Waals surface area contributed by atoms with Gasteiger partial charge in [-0.2, -0.15) is 0 Å². The predicted molar refractivity (Wildman–Crippen MR) is 115 cm³/mol. The molecule has 0 amide bonds. The maximum absolute atomic E-state index is 10.3. The summed E-state index contributed by atoms with van der Waals surface area (Å²) in [5.74, 6) is -0.712. The molecule has 0 saturated heterocycles. The van der Waals surface area contributed by atoms with E-state index in [1.54, 1.807) is 0 Å². The van der Waals surface area contributed by atoms with E-state index in [0.29, 0.717) is 0 Å². The summed E-state index contributed by atoms with van der Waals surface area (Å²) in [6.45, 7) is 3.62. The molecule has 0 bridgehead atoms. The lowest BCUT2D eigenvalue weighted by molar-refractivity contribution is -0.137. The van der Waals surface area contributed by atoms with Crippen molar-refractivity contribution in [2.24, 2.45) is 0 Å².